The summed E-state index contributed by atoms with van der Waals surface area (Å²) in [5.41, 5.74) is -0.418. The van der Waals surface area contributed by atoms with Crippen LogP contribution in [-0.4, -0.2) is 46.7 Å². The second kappa shape index (κ2) is 12.3. The van der Waals surface area contributed by atoms with Crippen LogP contribution in [0.3, 0.4) is 0 Å². The number of nitrogens with one attached hydrogen (secondary N) is 1. The van der Waals surface area contributed by atoms with E-state index in [2.05, 4.69) is 5.32 Å². The van der Waals surface area contributed by atoms with E-state index in [1.165, 1.54) is 13.0 Å². The fraction of sp³-hybridized carbons (Fsp3) is 0.333. The van der Waals surface area contributed by atoms with E-state index in [9.17, 15) is 27.9 Å². The number of benzene rings is 3. The molecule has 0 radical (unpaired) electrons. The second-order valence-corrected chi connectivity index (χ2v) is 10.8. The van der Waals surface area contributed by atoms with Crippen molar-refractivity contribution >= 4 is 23.6 Å². The zero-order valence-corrected chi connectivity index (χ0v) is 22.3. The van der Waals surface area contributed by atoms with Gasteiger partial charge >= 0.3 is 6.18 Å². The summed E-state index contributed by atoms with van der Waals surface area (Å²) in [4.78, 5) is 27.3. The van der Waals surface area contributed by atoms with Gasteiger partial charge in [0.1, 0.15) is 11.6 Å². The lowest BCUT2D eigenvalue weighted by atomic mass is 9.72. The van der Waals surface area contributed by atoms with E-state index < -0.39 is 29.3 Å². The number of rotatable bonds is 8. The van der Waals surface area contributed by atoms with E-state index in [-0.39, 0.29) is 17.6 Å². The van der Waals surface area contributed by atoms with Gasteiger partial charge in [0.15, 0.2) is 0 Å². The maximum atomic E-state index is 13.4. The molecule has 0 spiro atoms. The summed E-state index contributed by atoms with van der Waals surface area (Å²) in [7, 11) is 0. The lowest BCUT2D eigenvalue weighted by Gasteiger charge is -2.43. The number of nitrogens with zero attached hydrogens (tertiary/aromatic N) is 1. The largest absolute Gasteiger partial charge is 0.416 e. The van der Waals surface area contributed by atoms with Crippen LogP contribution >= 0.6 is 11.8 Å². The smallest absolute Gasteiger partial charge is 0.380 e. The monoisotopic (exact) mass is 556 g/mol. The van der Waals surface area contributed by atoms with Gasteiger partial charge in [-0.2, -0.15) is 13.2 Å². The van der Waals surface area contributed by atoms with Crippen molar-refractivity contribution in [2.75, 3.05) is 18.8 Å². The molecule has 0 aromatic heterocycles. The molecule has 1 saturated heterocycles. The third kappa shape index (κ3) is 6.83. The molecule has 39 heavy (non-hydrogen) atoms. The summed E-state index contributed by atoms with van der Waals surface area (Å²) >= 11 is 1.09. The Kier molecular flexibility index (Phi) is 9.02. The molecule has 1 fully saturated rings. The number of amides is 2. The van der Waals surface area contributed by atoms with Crippen molar-refractivity contribution in [2.24, 2.45) is 5.92 Å². The lowest BCUT2D eigenvalue weighted by molar-refractivity contribution is -0.138. The number of halogens is 3. The van der Waals surface area contributed by atoms with Crippen LogP contribution < -0.4 is 5.32 Å². The summed E-state index contributed by atoms with van der Waals surface area (Å²) in [6.45, 7) is 2.08. The Morgan fingerprint density at radius 2 is 1.46 bits per heavy atom. The van der Waals surface area contributed by atoms with Gasteiger partial charge in [-0.3, -0.25) is 9.59 Å². The highest BCUT2D eigenvalue weighted by atomic mass is 32.2. The normalized spacial score (nSPS) is 15.6. The molecular weight excluding hydrogens is 525 g/mol. The van der Waals surface area contributed by atoms with E-state index in [1.54, 1.807) is 11.0 Å². The molecule has 2 N–H and O–H groups in total. The van der Waals surface area contributed by atoms with E-state index in [0.717, 1.165) is 35.0 Å². The van der Waals surface area contributed by atoms with Gasteiger partial charge in [-0.25, -0.2) is 0 Å². The fourth-order valence-corrected chi connectivity index (χ4v) is 6.09. The molecule has 9 heteroatoms. The van der Waals surface area contributed by atoms with E-state index in [4.69, 9.17) is 0 Å². The number of aliphatic hydroxyl groups is 1. The molecule has 1 aliphatic rings. The minimum atomic E-state index is -4.46. The Morgan fingerprint density at radius 1 is 0.923 bits per heavy atom. The first kappa shape index (κ1) is 28.7. The van der Waals surface area contributed by atoms with Gasteiger partial charge in [0.05, 0.1) is 5.56 Å². The van der Waals surface area contributed by atoms with Gasteiger partial charge in [0.25, 0.3) is 0 Å². The summed E-state index contributed by atoms with van der Waals surface area (Å²) < 4.78 is 39.3. The molecular formula is C30H31F3N2O3S. The molecule has 3 aromatic rings. The first-order valence-corrected chi connectivity index (χ1v) is 13.8. The maximum Gasteiger partial charge on any atom is 0.416 e. The van der Waals surface area contributed by atoms with Crippen molar-refractivity contribution in [3.05, 3.63) is 102 Å². The predicted molar refractivity (Wildman–Crippen MR) is 145 cm³/mol. The number of carbonyl (C=O) groups is 2. The summed E-state index contributed by atoms with van der Waals surface area (Å²) in [6.07, 6.45) is -3.38. The minimum Gasteiger partial charge on any atom is -0.380 e. The Morgan fingerprint density at radius 3 is 1.97 bits per heavy atom. The molecule has 1 heterocycles. The third-order valence-corrected chi connectivity index (χ3v) is 8.17. The first-order chi connectivity index (χ1) is 18.6. The van der Waals surface area contributed by atoms with Gasteiger partial charge < -0.3 is 15.3 Å². The van der Waals surface area contributed by atoms with Gasteiger partial charge in [-0.15, -0.1) is 11.8 Å². The average Bonchev–Trinajstić information content (AvgIpc) is 2.95. The lowest BCUT2D eigenvalue weighted by Crippen LogP contribution is -2.53. The number of hydrogen-bond donors (Lipinski definition) is 2. The highest BCUT2D eigenvalue weighted by Crippen LogP contribution is 2.42. The van der Waals surface area contributed by atoms with Crippen molar-refractivity contribution in [3.8, 4) is 0 Å². The summed E-state index contributed by atoms with van der Waals surface area (Å²) in [5.74, 6) is -0.732. The standard InChI is InChI=1S/C30H31F3N2O3S/c1-21(36)34-27(20-39-26-14-8-13-25(19-26)30(31,32)33)28(37)35-17-15-24(16-18-35)29(38,22-9-4-2-5-10-22)23-11-6-3-7-12-23/h2-14,19,24,27,38H,15-18,20H2,1H3,(H,34,36). The van der Waals surface area contributed by atoms with Crippen molar-refractivity contribution in [3.63, 3.8) is 0 Å². The molecule has 4 rings (SSSR count). The highest BCUT2D eigenvalue weighted by molar-refractivity contribution is 7.99. The molecule has 1 atom stereocenters. The van der Waals surface area contributed by atoms with Crippen LogP contribution in [0.5, 0.6) is 0 Å². The molecule has 0 aliphatic carbocycles. The Balaban J connectivity index is 1.46. The molecule has 0 saturated carbocycles. The van der Waals surface area contributed by atoms with Crippen molar-refractivity contribution in [2.45, 2.75) is 42.5 Å². The van der Waals surface area contributed by atoms with Crippen LogP contribution in [0.15, 0.2) is 89.8 Å². The number of alkyl halides is 3. The third-order valence-electron chi connectivity index (χ3n) is 7.08. The van der Waals surface area contributed by atoms with E-state index in [0.29, 0.717) is 30.8 Å². The van der Waals surface area contributed by atoms with Crippen LogP contribution in [0.25, 0.3) is 0 Å². The van der Waals surface area contributed by atoms with Crippen molar-refractivity contribution < 1.29 is 27.9 Å². The number of likely N-dealkylation sites (tertiary alicyclic amines) is 1. The van der Waals surface area contributed by atoms with Gasteiger partial charge in [0.2, 0.25) is 11.8 Å². The summed E-state index contributed by atoms with van der Waals surface area (Å²) in [5, 5.41) is 14.7. The molecule has 5 nitrogen and oxygen atoms in total. The minimum absolute atomic E-state index is 0.0949. The molecule has 2 amide bonds. The number of thioether (sulfide) groups is 1. The van der Waals surface area contributed by atoms with Crippen molar-refractivity contribution in [1.29, 1.82) is 0 Å². The van der Waals surface area contributed by atoms with E-state index >= 15 is 0 Å². The van der Waals surface area contributed by atoms with Crippen molar-refractivity contribution in [1.82, 2.24) is 10.2 Å². The molecule has 3 aromatic carbocycles. The number of hydrogen-bond acceptors (Lipinski definition) is 4. The zero-order chi connectivity index (χ0) is 28.0. The first-order valence-electron chi connectivity index (χ1n) is 12.8. The quantitative estimate of drug-likeness (QED) is 0.361. The SMILES string of the molecule is CC(=O)NC(CSc1cccc(C(F)(F)F)c1)C(=O)N1CCC(C(O)(c2ccccc2)c2ccccc2)CC1. The van der Waals surface area contributed by atoms with Crippen LogP contribution in [0.1, 0.15) is 36.5 Å². The predicted octanol–water partition coefficient (Wildman–Crippen LogP) is 5.48. The molecule has 0 bridgehead atoms. The van der Waals surface area contributed by atoms with E-state index in [1.807, 2.05) is 60.7 Å². The second-order valence-electron chi connectivity index (χ2n) is 9.69. The van der Waals surface area contributed by atoms with Crippen LogP contribution in [-0.2, 0) is 21.4 Å². The number of carbonyl (C=O) groups excluding carboxylic acids is 2. The zero-order valence-electron chi connectivity index (χ0n) is 21.5. The van der Waals surface area contributed by atoms with Crippen LogP contribution in [0.4, 0.5) is 13.2 Å². The van der Waals surface area contributed by atoms with Crippen LogP contribution in [0.2, 0.25) is 0 Å². The maximum absolute atomic E-state index is 13.4. The van der Waals surface area contributed by atoms with Crippen LogP contribution in [0, 0.1) is 5.92 Å². The summed E-state index contributed by atoms with van der Waals surface area (Å²) in [6, 6.07) is 23.0. The number of piperidine rings is 1. The Bertz CT molecular complexity index is 1220. The average molecular weight is 557 g/mol. The fourth-order valence-electron chi connectivity index (χ4n) is 5.12. The van der Waals surface area contributed by atoms with Gasteiger partial charge in [-0.05, 0) is 48.1 Å². The molecule has 206 valence electrons. The Labute approximate surface area is 230 Å². The highest BCUT2D eigenvalue weighted by Gasteiger charge is 2.42. The molecule has 1 aliphatic heterocycles. The Hall–Kier alpha value is -3.30. The molecule has 1 unspecified atom stereocenters. The topological polar surface area (TPSA) is 69.6 Å². The van der Waals surface area contributed by atoms with Gasteiger partial charge in [0, 0.05) is 30.7 Å². The van der Waals surface area contributed by atoms with Gasteiger partial charge in [-0.1, -0.05) is 66.7 Å².